The van der Waals surface area contributed by atoms with Gasteiger partial charge in [-0.2, -0.15) is 0 Å². The molecule has 0 saturated heterocycles. The van der Waals surface area contributed by atoms with Crippen molar-refractivity contribution < 1.29 is 0 Å². The van der Waals surface area contributed by atoms with Gasteiger partial charge in [0.2, 0.25) is 0 Å². The Balaban J connectivity index is 2.48. The third kappa shape index (κ3) is 4.09. The zero-order chi connectivity index (χ0) is 10.6. The molecule has 0 aliphatic rings. The first-order valence-corrected chi connectivity index (χ1v) is 7.09. The number of alkyl halides is 1. The molecular formula is C11H18BrNS. The monoisotopic (exact) mass is 275 g/mol. The first-order valence-electron chi connectivity index (χ1n) is 5.08. The number of rotatable bonds is 5. The van der Waals surface area contributed by atoms with Gasteiger partial charge in [0.25, 0.3) is 0 Å². The van der Waals surface area contributed by atoms with Crippen LogP contribution in [0.25, 0.3) is 0 Å². The molecule has 1 rings (SSSR count). The van der Waals surface area contributed by atoms with E-state index in [1.54, 1.807) is 11.3 Å². The van der Waals surface area contributed by atoms with Crippen LogP contribution in [0.1, 0.15) is 31.0 Å². The Hall–Kier alpha value is 0.110. The Morgan fingerprint density at radius 1 is 1.50 bits per heavy atom. The van der Waals surface area contributed by atoms with Crippen LogP contribution in [0.3, 0.4) is 0 Å². The molecule has 0 aliphatic heterocycles. The van der Waals surface area contributed by atoms with E-state index in [0.29, 0.717) is 0 Å². The Labute approximate surface area is 99.1 Å². The van der Waals surface area contributed by atoms with E-state index in [9.17, 15) is 0 Å². The molecule has 1 aromatic heterocycles. The van der Waals surface area contributed by atoms with Crippen molar-refractivity contribution in [3.8, 4) is 0 Å². The molecule has 1 unspecified atom stereocenters. The minimum Gasteiger partial charge on any atom is -0.247 e. The predicted molar refractivity (Wildman–Crippen MR) is 67.3 cm³/mol. The van der Waals surface area contributed by atoms with Gasteiger partial charge in [0.1, 0.15) is 0 Å². The molecule has 0 aromatic carbocycles. The molecule has 0 spiro atoms. The summed E-state index contributed by atoms with van der Waals surface area (Å²) in [6.45, 7) is 6.62. The van der Waals surface area contributed by atoms with Crippen LogP contribution in [0.2, 0.25) is 0 Å². The van der Waals surface area contributed by atoms with Gasteiger partial charge in [0.15, 0.2) is 0 Å². The van der Waals surface area contributed by atoms with Gasteiger partial charge in [-0.15, -0.1) is 11.3 Å². The number of hydrogen-bond donors (Lipinski definition) is 0. The van der Waals surface area contributed by atoms with Gasteiger partial charge in [-0.1, -0.05) is 29.8 Å². The molecule has 0 aliphatic carbocycles. The molecule has 0 amide bonds. The summed E-state index contributed by atoms with van der Waals surface area (Å²) in [7, 11) is 0. The first-order chi connectivity index (χ1) is 6.61. The average Bonchev–Trinajstić information content (AvgIpc) is 2.49. The molecule has 0 saturated carbocycles. The lowest BCUT2D eigenvalue weighted by Crippen LogP contribution is -2.09. The Bertz CT molecular complexity index is 270. The van der Waals surface area contributed by atoms with Crippen LogP contribution < -0.4 is 0 Å². The molecule has 0 fully saturated rings. The van der Waals surface area contributed by atoms with Crippen LogP contribution in [0, 0.1) is 18.8 Å². The summed E-state index contributed by atoms with van der Waals surface area (Å²) in [5.74, 6) is 1.51. The minimum atomic E-state index is 0.737. The van der Waals surface area contributed by atoms with E-state index in [0.717, 1.165) is 29.3 Å². The van der Waals surface area contributed by atoms with Crippen molar-refractivity contribution in [1.82, 2.24) is 4.98 Å². The van der Waals surface area contributed by atoms with Gasteiger partial charge in [-0.25, -0.2) is 4.98 Å². The number of nitrogens with zero attached hydrogens (tertiary/aromatic N) is 1. The molecule has 80 valence electrons. The highest BCUT2D eigenvalue weighted by Crippen LogP contribution is 2.21. The SMILES string of the molecule is Cc1csc(CC(CBr)CC(C)C)n1. The van der Waals surface area contributed by atoms with Crippen molar-refractivity contribution in [3.63, 3.8) is 0 Å². The third-order valence-electron chi connectivity index (χ3n) is 2.15. The summed E-state index contributed by atoms with van der Waals surface area (Å²) in [5, 5.41) is 4.51. The smallest absolute Gasteiger partial charge is 0.0931 e. The number of thiazole rings is 1. The fourth-order valence-electron chi connectivity index (χ4n) is 1.61. The topological polar surface area (TPSA) is 12.9 Å². The Kier molecular flexibility index (Phi) is 5.10. The van der Waals surface area contributed by atoms with Gasteiger partial charge >= 0.3 is 0 Å². The third-order valence-corrected chi connectivity index (χ3v) is 4.06. The molecule has 1 heterocycles. The maximum Gasteiger partial charge on any atom is 0.0931 e. The zero-order valence-electron chi connectivity index (χ0n) is 9.09. The van der Waals surface area contributed by atoms with Crippen molar-refractivity contribution in [2.75, 3.05) is 5.33 Å². The van der Waals surface area contributed by atoms with Gasteiger partial charge in [-0.3, -0.25) is 0 Å². The van der Waals surface area contributed by atoms with Crippen molar-refractivity contribution >= 4 is 27.3 Å². The molecule has 1 nitrogen and oxygen atoms in total. The molecule has 0 radical (unpaired) electrons. The number of hydrogen-bond acceptors (Lipinski definition) is 2. The minimum absolute atomic E-state index is 0.737. The maximum absolute atomic E-state index is 4.50. The molecular weight excluding hydrogens is 258 g/mol. The van der Waals surface area contributed by atoms with Crippen molar-refractivity contribution in [1.29, 1.82) is 0 Å². The lowest BCUT2D eigenvalue weighted by atomic mass is 9.96. The van der Waals surface area contributed by atoms with Crippen LogP contribution in [-0.4, -0.2) is 10.3 Å². The average molecular weight is 276 g/mol. The van der Waals surface area contributed by atoms with Crippen molar-refractivity contribution in [2.24, 2.45) is 11.8 Å². The van der Waals surface area contributed by atoms with Gasteiger partial charge in [0, 0.05) is 22.8 Å². The number of aryl methyl sites for hydroxylation is 1. The lowest BCUT2D eigenvalue weighted by molar-refractivity contribution is 0.444. The van der Waals surface area contributed by atoms with E-state index in [2.05, 4.69) is 47.1 Å². The molecule has 0 N–H and O–H groups in total. The van der Waals surface area contributed by atoms with Crippen LogP contribution in [0.4, 0.5) is 0 Å². The maximum atomic E-state index is 4.50. The summed E-state index contributed by atoms with van der Waals surface area (Å²) in [6.07, 6.45) is 2.41. The lowest BCUT2D eigenvalue weighted by Gasteiger charge is -2.14. The largest absolute Gasteiger partial charge is 0.247 e. The fraction of sp³-hybridized carbons (Fsp3) is 0.727. The van der Waals surface area contributed by atoms with Crippen LogP contribution in [-0.2, 0) is 6.42 Å². The summed E-state index contributed by atoms with van der Waals surface area (Å²) >= 11 is 5.37. The van der Waals surface area contributed by atoms with Crippen molar-refractivity contribution in [2.45, 2.75) is 33.6 Å². The summed E-state index contributed by atoms with van der Waals surface area (Å²) in [4.78, 5) is 4.50. The quantitative estimate of drug-likeness (QED) is 0.739. The van der Waals surface area contributed by atoms with Gasteiger partial charge < -0.3 is 0 Å². The second-order valence-corrected chi connectivity index (χ2v) is 5.83. The molecule has 14 heavy (non-hydrogen) atoms. The summed E-state index contributed by atoms with van der Waals surface area (Å²) in [6, 6.07) is 0. The van der Waals surface area contributed by atoms with Crippen LogP contribution in [0.5, 0.6) is 0 Å². The fourth-order valence-corrected chi connectivity index (χ4v) is 2.99. The highest BCUT2D eigenvalue weighted by molar-refractivity contribution is 9.09. The van der Waals surface area contributed by atoms with Crippen molar-refractivity contribution in [3.05, 3.63) is 16.1 Å². The van der Waals surface area contributed by atoms with E-state index < -0.39 is 0 Å². The predicted octanol–water partition coefficient (Wildman–Crippen LogP) is 4.05. The molecule has 1 atom stereocenters. The second-order valence-electron chi connectivity index (χ2n) is 4.24. The second kappa shape index (κ2) is 5.86. The highest BCUT2D eigenvalue weighted by atomic mass is 79.9. The zero-order valence-corrected chi connectivity index (χ0v) is 11.5. The number of aromatic nitrogens is 1. The van der Waals surface area contributed by atoms with E-state index >= 15 is 0 Å². The van der Waals surface area contributed by atoms with E-state index in [1.807, 2.05) is 0 Å². The van der Waals surface area contributed by atoms with Crippen LogP contribution >= 0.6 is 27.3 Å². The molecule has 1 aromatic rings. The Morgan fingerprint density at radius 2 is 2.21 bits per heavy atom. The van der Waals surface area contributed by atoms with Gasteiger partial charge in [0.05, 0.1) is 5.01 Å². The number of halogens is 1. The molecule has 0 bridgehead atoms. The first kappa shape index (κ1) is 12.2. The Morgan fingerprint density at radius 3 is 2.64 bits per heavy atom. The highest BCUT2D eigenvalue weighted by Gasteiger charge is 2.12. The van der Waals surface area contributed by atoms with E-state index in [1.165, 1.54) is 11.4 Å². The normalized spacial score (nSPS) is 13.5. The van der Waals surface area contributed by atoms with E-state index in [-0.39, 0.29) is 0 Å². The molecule has 3 heteroatoms. The summed E-state index contributed by atoms with van der Waals surface area (Å²) < 4.78 is 0. The van der Waals surface area contributed by atoms with Gasteiger partial charge in [-0.05, 0) is 25.2 Å². The standard InChI is InChI=1S/C11H18BrNS/c1-8(2)4-10(6-12)5-11-13-9(3)7-14-11/h7-8,10H,4-6H2,1-3H3. The van der Waals surface area contributed by atoms with Crippen LogP contribution in [0.15, 0.2) is 5.38 Å². The van der Waals surface area contributed by atoms with E-state index in [4.69, 9.17) is 0 Å². The summed E-state index contributed by atoms with van der Waals surface area (Å²) in [5.41, 5.74) is 1.16.